The zero-order chi connectivity index (χ0) is 22.0. The molecule has 1 aromatic carbocycles. The van der Waals surface area contributed by atoms with Gasteiger partial charge in [0.1, 0.15) is 12.2 Å². The zero-order valence-electron chi connectivity index (χ0n) is 16.1. The van der Waals surface area contributed by atoms with E-state index in [1.807, 2.05) is 0 Å². The van der Waals surface area contributed by atoms with Crippen LogP contribution >= 0.6 is 11.6 Å². The number of carbonyl (C=O) groups is 3. The molecule has 3 amide bonds. The Morgan fingerprint density at radius 1 is 1.31 bits per heavy atom. The van der Waals surface area contributed by atoms with E-state index in [-0.39, 0.29) is 17.2 Å². The third-order valence-electron chi connectivity index (χ3n) is 3.83. The van der Waals surface area contributed by atoms with Crippen LogP contribution in [0.1, 0.15) is 42.7 Å². The normalized spacial score (nSPS) is 16.4. The van der Waals surface area contributed by atoms with E-state index < -0.39 is 48.7 Å². The topological polar surface area (TPSA) is 111 Å². The smallest absolute Gasteiger partial charge is 0.410 e. The van der Waals surface area contributed by atoms with Crippen LogP contribution in [0.3, 0.4) is 0 Å². The summed E-state index contributed by atoms with van der Waals surface area (Å²) in [5.74, 6) is -3.72. The summed E-state index contributed by atoms with van der Waals surface area (Å²) in [6, 6.07) is 3.31. The van der Waals surface area contributed by atoms with Gasteiger partial charge < -0.3 is 20.5 Å². The first-order valence-electron chi connectivity index (χ1n) is 8.66. The molecule has 0 aromatic heterocycles. The lowest BCUT2D eigenvalue weighted by Crippen LogP contribution is -2.58. The van der Waals surface area contributed by atoms with Gasteiger partial charge in [-0.05, 0) is 38.5 Å². The maximum Gasteiger partial charge on any atom is 0.410 e. The number of hydrogen-bond acceptors (Lipinski definition) is 5. The summed E-state index contributed by atoms with van der Waals surface area (Å²) < 4.78 is 36.1. The van der Waals surface area contributed by atoms with Crippen LogP contribution in [0, 0.1) is 0 Å². The highest BCUT2D eigenvalue weighted by atomic mass is 35.5. The molecule has 1 aliphatic heterocycles. The third kappa shape index (κ3) is 6.45. The number of ether oxygens (including phenoxy) is 2. The highest BCUT2D eigenvalue weighted by Gasteiger charge is 2.47. The first-order chi connectivity index (χ1) is 13.3. The second kappa shape index (κ2) is 8.40. The number of alkyl halides is 2. The van der Waals surface area contributed by atoms with Gasteiger partial charge in [0.2, 0.25) is 5.91 Å². The van der Waals surface area contributed by atoms with Crippen molar-refractivity contribution in [3.63, 3.8) is 0 Å². The van der Waals surface area contributed by atoms with Gasteiger partial charge in [-0.2, -0.15) is 0 Å². The van der Waals surface area contributed by atoms with Crippen molar-refractivity contribution in [2.24, 2.45) is 5.73 Å². The van der Waals surface area contributed by atoms with Crippen molar-refractivity contribution in [1.29, 1.82) is 0 Å². The van der Waals surface area contributed by atoms with Gasteiger partial charge in [0.15, 0.2) is 0 Å². The largest absolute Gasteiger partial charge is 0.447 e. The molecule has 0 aliphatic carbocycles. The third-order valence-corrected chi connectivity index (χ3v) is 4.15. The van der Waals surface area contributed by atoms with Crippen molar-refractivity contribution >= 4 is 29.7 Å². The van der Waals surface area contributed by atoms with Gasteiger partial charge in [-0.1, -0.05) is 17.7 Å². The van der Waals surface area contributed by atoms with Gasteiger partial charge in [0.05, 0.1) is 29.7 Å². The number of amides is 3. The van der Waals surface area contributed by atoms with Crippen LogP contribution in [0.2, 0.25) is 5.02 Å². The number of carbonyl (C=O) groups excluding carboxylic acids is 3. The predicted octanol–water partition coefficient (Wildman–Crippen LogP) is 3.09. The monoisotopic (exact) mass is 433 g/mol. The molecule has 1 atom stereocenters. The van der Waals surface area contributed by atoms with Crippen LogP contribution in [-0.2, 0) is 9.47 Å². The van der Waals surface area contributed by atoms with Crippen molar-refractivity contribution < 1.29 is 32.6 Å². The summed E-state index contributed by atoms with van der Waals surface area (Å²) in [4.78, 5) is 36.4. The van der Waals surface area contributed by atoms with E-state index in [9.17, 15) is 23.2 Å². The lowest BCUT2D eigenvalue weighted by molar-refractivity contribution is -0.120. The minimum Gasteiger partial charge on any atom is -0.447 e. The Morgan fingerprint density at radius 3 is 2.45 bits per heavy atom. The minimum atomic E-state index is -2.93. The molecule has 1 saturated heterocycles. The molecule has 160 valence electrons. The molecule has 0 spiro atoms. The average Bonchev–Trinajstić information content (AvgIpc) is 2.54. The van der Waals surface area contributed by atoms with Gasteiger partial charge in [-0.15, -0.1) is 0 Å². The Labute approximate surface area is 171 Å². The molecule has 0 saturated carbocycles. The molecule has 0 bridgehead atoms. The van der Waals surface area contributed by atoms with E-state index in [4.69, 9.17) is 26.8 Å². The van der Waals surface area contributed by atoms with E-state index in [1.165, 1.54) is 18.2 Å². The summed E-state index contributed by atoms with van der Waals surface area (Å²) in [7, 11) is 0. The van der Waals surface area contributed by atoms with Crippen LogP contribution in [-0.4, -0.2) is 54.2 Å². The Morgan fingerprint density at radius 2 is 1.93 bits per heavy atom. The lowest BCUT2D eigenvalue weighted by atomic mass is 10.0. The summed E-state index contributed by atoms with van der Waals surface area (Å²) in [6.07, 6.45) is -1.75. The van der Waals surface area contributed by atoms with Crippen molar-refractivity contribution in [2.75, 3.05) is 19.7 Å². The average molecular weight is 434 g/mol. The SMILES string of the molecule is CC(C)(C)OC(=O)NC(COC(=O)N1CC(F)(F)C1)c1ccc(Cl)c(C(N)=O)c1. The summed E-state index contributed by atoms with van der Waals surface area (Å²) in [6.45, 7) is 3.14. The second-order valence-corrected chi connectivity index (χ2v) is 8.00. The number of nitrogens with zero attached hydrogens (tertiary/aromatic N) is 1. The number of benzene rings is 1. The highest BCUT2D eigenvalue weighted by molar-refractivity contribution is 6.33. The van der Waals surface area contributed by atoms with Crippen LogP contribution in [0.25, 0.3) is 0 Å². The summed E-state index contributed by atoms with van der Waals surface area (Å²) in [5.41, 5.74) is 4.86. The minimum absolute atomic E-state index is 0.00821. The Kier molecular flexibility index (Phi) is 6.56. The molecule has 1 fully saturated rings. The maximum atomic E-state index is 12.9. The van der Waals surface area contributed by atoms with Crippen LogP contribution in [0.4, 0.5) is 18.4 Å². The molecule has 0 radical (unpaired) electrons. The number of rotatable bonds is 5. The highest BCUT2D eigenvalue weighted by Crippen LogP contribution is 2.28. The fraction of sp³-hybridized carbons (Fsp3) is 0.500. The standard InChI is InChI=1S/C18H22ClF2N3O5/c1-17(2,3)29-15(26)23-13(7-28-16(27)24-8-18(20,21)9-24)10-4-5-12(19)11(6-10)14(22)25/h4-6,13H,7-9H2,1-3H3,(H2,22,25)(H,23,26). The van der Waals surface area contributed by atoms with Gasteiger partial charge >= 0.3 is 12.2 Å². The molecule has 29 heavy (non-hydrogen) atoms. The number of likely N-dealkylation sites (tertiary alicyclic amines) is 1. The number of nitrogens with two attached hydrogens (primary N) is 1. The molecule has 3 N–H and O–H groups in total. The quantitative estimate of drug-likeness (QED) is 0.741. The number of halogens is 3. The van der Waals surface area contributed by atoms with E-state index in [2.05, 4.69) is 5.32 Å². The molecule has 8 nitrogen and oxygen atoms in total. The van der Waals surface area contributed by atoms with Gasteiger partial charge in [0, 0.05) is 0 Å². The van der Waals surface area contributed by atoms with Crippen LogP contribution in [0.5, 0.6) is 0 Å². The van der Waals surface area contributed by atoms with E-state index in [0.717, 1.165) is 4.90 Å². The first-order valence-corrected chi connectivity index (χ1v) is 9.03. The van der Waals surface area contributed by atoms with Gasteiger partial charge in [-0.25, -0.2) is 18.4 Å². The summed E-state index contributed by atoms with van der Waals surface area (Å²) >= 11 is 5.94. The molecule has 2 rings (SSSR count). The van der Waals surface area contributed by atoms with Crippen LogP contribution in [0.15, 0.2) is 18.2 Å². The van der Waals surface area contributed by atoms with Crippen molar-refractivity contribution in [3.05, 3.63) is 34.3 Å². The predicted molar refractivity (Wildman–Crippen MR) is 99.9 cm³/mol. The molecule has 11 heteroatoms. The number of nitrogens with one attached hydrogen (secondary N) is 1. The molecule has 1 aliphatic rings. The molecule has 1 aromatic rings. The zero-order valence-corrected chi connectivity index (χ0v) is 16.9. The summed E-state index contributed by atoms with van der Waals surface area (Å²) in [5, 5.41) is 2.63. The van der Waals surface area contributed by atoms with Crippen molar-refractivity contribution in [1.82, 2.24) is 10.2 Å². The van der Waals surface area contributed by atoms with E-state index in [1.54, 1.807) is 20.8 Å². The van der Waals surface area contributed by atoms with E-state index >= 15 is 0 Å². The Hall–Kier alpha value is -2.62. The first kappa shape index (κ1) is 22.7. The molecule has 1 unspecified atom stereocenters. The van der Waals surface area contributed by atoms with E-state index in [0.29, 0.717) is 5.56 Å². The van der Waals surface area contributed by atoms with Gasteiger partial charge in [-0.3, -0.25) is 9.69 Å². The second-order valence-electron chi connectivity index (χ2n) is 7.59. The fourth-order valence-corrected chi connectivity index (χ4v) is 2.72. The lowest BCUT2D eigenvalue weighted by Gasteiger charge is -2.37. The Bertz CT molecular complexity index is 805. The van der Waals surface area contributed by atoms with Gasteiger partial charge in [0.25, 0.3) is 5.92 Å². The Balaban J connectivity index is 2.15. The number of hydrogen-bond donors (Lipinski definition) is 2. The molecule has 1 heterocycles. The molecular formula is C18H22ClF2N3O5. The van der Waals surface area contributed by atoms with Crippen molar-refractivity contribution in [2.45, 2.75) is 38.3 Å². The fourth-order valence-electron chi connectivity index (χ4n) is 2.51. The maximum absolute atomic E-state index is 12.9. The van der Waals surface area contributed by atoms with Crippen molar-refractivity contribution in [3.8, 4) is 0 Å². The number of alkyl carbamates (subject to hydrolysis) is 1. The molecular weight excluding hydrogens is 412 g/mol. The van der Waals surface area contributed by atoms with Crippen LogP contribution < -0.4 is 11.1 Å². The number of primary amides is 1.